The average Bonchev–Trinajstić information content (AvgIpc) is 2.44. The standard InChI is InChI=1S/C17H22ClN3/c1-12(17(2,3)4)11-19-15-10-14(18)20-16(21-15)13-8-6-5-7-9-13/h5-10,12H,11H2,1-4H3,(H,19,20,21). The van der Waals surface area contributed by atoms with Crippen molar-refractivity contribution in [3.05, 3.63) is 41.6 Å². The molecule has 0 aliphatic heterocycles. The fourth-order valence-corrected chi connectivity index (χ4v) is 1.97. The quantitative estimate of drug-likeness (QED) is 0.817. The van der Waals surface area contributed by atoms with Gasteiger partial charge in [0, 0.05) is 18.2 Å². The Morgan fingerprint density at radius 2 is 1.81 bits per heavy atom. The molecule has 3 nitrogen and oxygen atoms in total. The Morgan fingerprint density at radius 1 is 1.14 bits per heavy atom. The first kappa shape index (κ1) is 15.8. The van der Waals surface area contributed by atoms with Gasteiger partial charge in [0.15, 0.2) is 5.82 Å². The van der Waals surface area contributed by atoms with Crippen LogP contribution in [0, 0.1) is 11.3 Å². The van der Waals surface area contributed by atoms with Gasteiger partial charge in [-0.3, -0.25) is 0 Å². The summed E-state index contributed by atoms with van der Waals surface area (Å²) in [6, 6.07) is 11.6. The Hall–Kier alpha value is -1.61. The minimum absolute atomic E-state index is 0.256. The van der Waals surface area contributed by atoms with Crippen LogP contribution in [-0.2, 0) is 0 Å². The van der Waals surface area contributed by atoms with Crippen molar-refractivity contribution in [2.24, 2.45) is 11.3 Å². The maximum Gasteiger partial charge on any atom is 0.163 e. The molecule has 0 radical (unpaired) electrons. The third-order valence-corrected chi connectivity index (χ3v) is 3.99. The fraction of sp³-hybridized carbons (Fsp3) is 0.412. The Kier molecular flexibility index (Phi) is 4.84. The zero-order chi connectivity index (χ0) is 15.5. The van der Waals surface area contributed by atoms with Gasteiger partial charge in [-0.1, -0.05) is 69.6 Å². The summed E-state index contributed by atoms with van der Waals surface area (Å²) < 4.78 is 0. The summed E-state index contributed by atoms with van der Waals surface area (Å²) in [6.07, 6.45) is 0. The maximum absolute atomic E-state index is 6.11. The molecule has 0 amide bonds. The van der Waals surface area contributed by atoms with E-state index in [1.54, 1.807) is 6.07 Å². The van der Waals surface area contributed by atoms with Crippen molar-refractivity contribution in [3.8, 4) is 11.4 Å². The first-order valence-electron chi connectivity index (χ1n) is 7.20. The first-order valence-corrected chi connectivity index (χ1v) is 7.58. The molecule has 0 saturated heterocycles. The van der Waals surface area contributed by atoms with E-state index in [4.69, 9.17) is 11.6 Å². The van der Waals surface area contributed by atoms with Crippen LogP contribution in [0.1, 0.15) is 27.7 Å². The molecule has 1 atom stereocenters. The number of rotatable bonds is 4. The van der Waals surface area contributed by atoms with Crippen LogP contribution >= 0.6 is 11.6 Å². The lowest BCUT2D eigenvalue weighted by Gasteiger charge is -2.27. The van der Waals surface area contributed by atoms with Crippen LogP contribution in [0.5, 0.6) is 0 Å². The van der Waals surface area contributed by atoms with E-state index in [2.05, 4.69) is 43.0 Å². The van der Waals surface area contributed by atoms with Gasteiger partial charge in [-0.2, -0.15) is 0 Å². The minimum Gasteiger partial charge on any atom is -0.370 e. The topological polar surface area (TPSA) is 37.8 Å². The number of nitrogens with one attached hydrogen (secondary N) is 1. The normalized spacial score (nSPS) is 13.0. The van der Waals surface area contributed by atoms with Crippen LogP contribution in [-0.4, -0.2) is 16.5 Å². The number of hydrogen-bond donors (Lipinski definition) is 1. The number of anilines is 1. The molecule has 0 aliphatic carbocycles. The zero-order valence-corrected chi connectivity index (χ0v) is 13.8. The van der Waals surface area contributed by atoms with E-state index in [9.17, 15) is 0 Å². The van der Waals surface area contributed by atoms with Gasteiger partial charge in [0.1, 0.15) is 11.0 Å². The average molecular weight is 304 g/mol. The Morgan fingerprint density at radius 3 is 2.43 bits per heavy atom. The van der Waals surface area contributed by atoms with Gasteiger partial charge < -0.3 is 5.32 Å². The highest BCUT2D eigenvalue weighted by Gasteiger charge is 2.19. The second-order valence-electron chi connectivity index (χ2n) is 6.41. The first-order chi connectivity index (χ1) is 9.86. The van der Waals surface area contributed by atoms with Crippen LogP contribution in [0.25, 0.3) is 11.4 Å². The molecule has 0 bridgehead atoms. The van der Waals surface area contributed by atoms with Crippen molar-refractivity contribution in [1.29, 1.82) is 0 Å². The third kappa shape index (κ3) is 4.43. The number of aromatic nitrogens is 2. The van der Waals surface area contributed by atoms with Crippen LogP contribution in [0.2, 0.25) is 5.15 Å². The summed E-state index contributed by atoms with van der Waals surface area (Å²) in [5, 5.41) is 3.82. The van der Waals surface area contributed by atoms with Crippen LogP contribution in [0.3, 0.4) is 0 Å². The Labute approximate surface area is 131 Å². The summed E-state index contributed by atoms with van der Waals surface area (Å²) >= 11 is 6.11. The molecule has 2 rings (SSSR count). The van der Waals surface area contributed by atoms with E-state index in [1.807, 2.05) is 30.3 Å². The molecule has 0 fully saturated rings. The highest BCUT2D eigenvalue weighted by Crippen LogP contribution is 2.26. The molecule has 112 valence electrons. The molecular weight excluding hydrogens is 282 g/mol. The van der Waals surface area contributed by atoms with Crippen LogP contribution in [0.15, 0.2) is 36.4 Å². The molecule has 1 aromatic carbocycles. The van der Waals surface area contributed by atoms with Gasteiger partial charge in [-0.05, 0) is 11.3 Å². The predicted molar refractivity (Wildman–Crippen MR) is 89.6 cm³/mol. The van der Waals surface area contributed by atoms with Crippen molar-refractivity contribution in [2.45, 2.75) is 27.7 Å². The molecule has 0 aliphatic rings. The molecule has 2 aromatic rings. The molecule has 1 N–H and O–H groups in total. The van der Waals surface area contributed by atoms with E-state index in [0.717, 1.165) is 17.9 Å². The van der Waals surface area contributed by atoms with Gasteiger partial charge in [0.25, 0.3) is 0 Å². The Balaban J connectivity index is 2.17. The van der Waals surface area contributed by atoms with E-state index >= 15 is 0 Å². The summed E-state index contributed by atoms with van der Waals surface area (Å²) in [6.45, 7) is 9.80. The summed E-state index contributed by atoms with van der Waals surface area (Å²) in [7, 11) is 0. The number of hydrogen-bond acceptors (Lipinski definition) is 3. The fourth-order valence-electron chi connectivity index (χ4n) is 1.79. The maximum atomic E-state index is 6.11. The summed E-state index contributed by atoms with van der Waals surface area (Å²) in [4.78, 5) is 8.85. The van der Waals surface area contributed by atoms with Crippen molar-refractivity contribution in [3.63, 3.8) is 0 Å². The zero-order valence-electron chi connectivity index (χ0n) is 13.0. The van der Waals surface area contributed by atoms with Gasteiger partial charge in [0.2, 0.25) is 0 Å². The van der Waals surface area contributed by atoms with Crippen LogP contribution < -0.4 is 5.32 Å². The third-order valence-electron chi connectivity index (χ3n) is 3.79. The van der Waals surface area contributed by atoms with E-state index in [0.29, 0.717) is 16.9 Å². The molecule has 0 spiro atoms. The summed E-state index contributed by atoms with van der Waals surface area (Å²) in [5.41, 5.74) is 1.22. The minimum atomic E-state index is 0.256. The number of benzene rings is 1. The second kappa shape index (κ2) is 6.44. The van der Waals surface area contributed by atoms with Gasteiger partial charge >= 0.3 is 0 Å². The van der Waals surface area contributed by atoms with Gasteiger partial charge in [-0.25, -0.2) is 9.97 Å². The predicted octanol–water partition coefficient (Wildman–Crippen LogP) is 4.89. The smallest absolute Gasteiger partial charge is 0.163 e. The van der Waals surface area contributed by atoms with E-state index < -0.39 is 0 Å². The lowest BCUT2D eigenvalue weighted by molar-refractivity contribution is 0.274. The molecule has 1 aromatic heterocycles. The van der Waals surface area contributed by atoms with Crippen LogP contribution in [0.4, 0.5) is 5.82 Å². The summed E-state index contributed by atoms with van der Waals surface area (Å²) in [5.74, 6) is 1.94. The molecule has 21 heavy (non-hydrogen) atoms. The molecule has 1 heterocycles. The van der Waals surface area contributed by atoms with Crippen molar-refractivity contribution in [2.75, 3.05) is 11.9 Å². The SMILES string of the molecule is CC(CNc1cc(Cl)nc(-c2ccccc2)n1)C(C)(C)C. The molecule has 1 unspecified atom stereocenters. The number of halogens is 1. The van der Waals surface area contributed by atoms with Gasteiger partial charge in [-0.15, -0.1) is 0 Å². The molecule has 4 heteroatoms. The van der Waals surface area contributed by atoms with E-state index in [1.165, 1.54) is 0 Å². The highest BCUT2D eigenvalue weighted by atomic mass is 35.5. The molecule has 0 saturated carbocycles. The van der Waals surface area contributed by atoms with Crippen molar-refractivity contribution >= 4 is 17.4 Å². The molecular formula is C17H22ClN3. The van der Waals surface area contributed by atoms with Crippen molar-refractivity contribution < 1.29 is 0 Å². The van der Waals surface area contributed by atoms with Gasteiger partial charge in [0.05, 0.1) is 0 Å². The van der Waals surface area contributed by atoms with E-state index in [-0.39, 0.29) is 5.41 Å². The highest BCUT2D eigenvalue weighted by molar-refractivity contribution is 6.29. The largest absolute Gasteiger partial charge is 0.370 e. The lowest BCUT2D eigenvalue weighted by atomic mass is 9.82. The lowest BCUT2D eigenvalue weighted by Crippen LogP contribution is -2.25. The monoisotopic (exact) mass is 303 g/mol. The second-order valence-corrected chi connectivity index (χ2v) is 6.80. The van der Waals surface area contributed by atoms with Crippen molar-refractivity contribution in [1.82, 2.24) is 9.97 Å². The number of nitrogens with zero attached hydrogens (tertiary/aromatic N) is 2. The Bertz CT molecular complexity index is 591.